The summed E-state index contributed by atoms with van der Waals surface area (Å²) in [5.41, 5.74) is 0. The molecule has 0 unspecified atom stereocenters. The maximum Gasteiger partial charge on any atom is 0.0662 e. The van der Waals surface area contributed by atoms with Gasteiger partial charge >= 0.3 is 0 Å². The van der Waals surface area contributed by atoms with Gasteiger partial charge in [0.05, 0.1) is 6.10 Å². The van der Waals surface area contributed by atoms with Gasteiger partial charge in [-0.15, -0.1) is 0 Å². The van der Waals surface area contributed by atoms with Gasteiger partial charge in [-0.2, -0.15) is 0 Å². The Morgan fingerprint density at radius 2 is 2.30 bits per heavy atom. The Morgan fingerprint density at radius 1 is 1.60 bits per heavy atom. The first kappa shape index (κ1) is 8.02. The smallest absolute Gasteiger partial charge is 0.0662 e. The summed E-state index contributed by atoms with van der Waals surface area (Å²) >= 11 is 0. The molecule has 0 radical (unpaired) electrons. The monoisotopic (exact) mass is 143 g/mol. The fourth-order valence-corrected chi connectivity index (χ4v) is 1.06. The lowest BCUT2D eigenvalue weighted by Crippen LogP contribution is -2.39. The molecule has 0 aromatic rings. The van der Waals surface area contributed by atoms with Crippen LogP contribution in [0.25, 0.3) is 0 Å². The maximum absolute atomic E-state index is 9.16. The Morgan fingerprint density at radius 3 is 2.70 bits per heavy atom. The van der Waals surface area contributed by atoms with Crippen molar-refractivity contribution in [1.29, 1.82) is 0 Å². The maximum atomic E-state index is 9.16. The van der Waals surface area contributed by atoms with Crippen LogP contribution < -0.4 is 5.32 Å². The van der Waals surface area contributed by atoms with Crippen molar-refractivity contribution in [2.24, 2.45) is 0 Å². The lowest BCUT2D eigenvalue weighted by Gasteiger charge is -2.27. The summed E-state index contributed by atoms with van der Waals surface area (Å²) in [5, 5.41) is 12.5. The number of hydrogen-bond donors (Lipinski definition) is 2. The number of hydrogen-bond acceptors (Lipinski definition) is 2. The topological polar surface area (TPSA) is 32.3 Å². The second-order valence-corrected chi connectivity index (χ2v) is 3.10. The van der Waals surface area contributed by atoms with Crippen molar-refractivity contribution in [3.05, 3.63) is 0 Å². The van der Waals surface area contributed by atoms with Crippen LogP contribution in [0.5, 0.6) is 0 Å². The van der Waals surface area contributed by atoms with Gasteiger partial charge in [0.15, 0.2) is 0 Å². The summed E-state index contributed by atoms with van der Waals surface area (Å²) in [7, 11) is 0. The number of rotatable bonds is 4. The van der Waals surface area contributed by atoms with Crippen LogP contribution >= 0.6 is 0 Å². The second-order valence-electron chi connectivity index (χ2n) is 3.10. The molecule has 0 aliphatic heterocycles. The third-order valence-electron chi connectivity index (χ3n) is 2.22. The number of nitrogens with one attached hydrogen (secondary N) is 1. The van der Waals surface area contributed by atoms with E-state index in [4.69, 9.17) is 5.11 Å². The van der Waals surface area contributed by atoms with Crippen molar-refractivity contribution in [2.45, 2.75) is 44.8 Å². The van der Waals surface area contributed by atoms with Crippen LogP contribution in [-0.4, -0.2) is 23.8 Å². The van der Waals surface area contributed by atoms with Crippen LogP contribution in [0.4, 0.5) is 0 Å². The first-order valence-corrected chi connectivity index (χ1v) is 4.24. The van der Waals surface area contributed by atoms with Crippen LogP contribution in [-0.2, 0) is 0 Å². The van der Waals surface area contributed by atoms with E-state index in [-0.39, 0.29) is 6.10 Å². The van der Waals surface area contributed by atoms with E-state index < -0.39 is 0 Å². The molecule has 0 saturated heterocycles. The molecule has 1 rings (SSSR count). The molecule has 60 valence electrons. The third-order valence-corrected chi connectivity index (χ3v) is 2.22. The molecule has 0 aromatic carbocycles. The fourth-order valence-electron chi connectivity index (χ4n) is 1.06. The minimum absolute atomic E-state index is 0.138. The summed E-state index contributed by atoms with van der Waals surface area (Å²) in [6.07, 6.45) is 4.69. The standard InChI is InChI=1S/C8H17NO/c1-2-8(10)6-9-7-4-3-5-7/h7-10H,2-6H2,1H3/t8-/m0/s1. The van der Waals surface area contributed by atoms with Gasteiger partial charge < -0.3 is 10.4 Å². The van der Waals surface area contributed by atoms with E-state index in [0.29, 0.717) is 6.04 Å². The Labute approximate surface area is 62.6 Å². The van der Waals surface area contributed by atoms with E-state index in [1.165, 1.54) is 19.3 Å². The quantitative estimate of drug-likeness (QED) is 0.613. The van der Waals surface area contributed by atoms with Gasteiger partial charge in [0, 0.05) is 12.6 Å². The van der Waals surface area contributed by atoms with Crippen LogP contribution in [0.1, 0.15) is 32.6 Å². The van der Waals surface area contributed by atoms with E-state index in [0.717, 1.165) is 13.0 Å². The number of aliphatic hydroxyl groups excluding tert-OH is 1. The molecule has 1 fully saturated rings. The highest BCUT2D eigenvalue weighted by Gasteiger charge is 2.16. The van der Waals surface area contributed by atoms with Gasteiger partial charge in [-0.05, 0) is 19.3 Å². The lowest BCUT2D eigenvalue weighted by molar-refractivity contribution is 0.155. The Kier molecular flexibility index (Phi) is 3.16. The van der Waals surface area contributed by atoms with E-state index in [1.807, 2.05) is 6.92 Å². The van der Waals surface area contributed by atoms with Crippen molar-refractivity contribution in [1.82, 2.24) is 5.32 Å². The third kappa shape index (κ3) is 2.27. The molecule has 0 aromatic heterocycles. The summed E-state index contributed by atoms with van der Waals surface area (Å²) in [5.74, 6) is 0. The number of aliphatic hydroxyl groups is 1. The average molecular weight is 143 g/mol. The van der Waals surface area contributed by atoms with Gasteiger partial charge in [0.2, 0.25) is 0 Å². The van der Waals surface area contributed by atoms with Gasteiger partial charge in [-0.25, -0.2) is 0 Å². The predicted molar refractivity (Wildman–Crippen MR) is 41.9 cm³/mol. The Hall–Kier alpha value is -0.0800. The first-order chi connectivity index (χ1) is 4.83. The molecule has 10 heavy (non-hydrogen) atoms. The summed E-state index contributed by atoms with van der Waals surface area (Å²) in [6.45, 7) is 2.79. The SMILES string of the molecule is CC[C@H](O)CNC1CCC1. The Balaban J connectivity index is 1.93. The van der Waals surface area contributed by atoms with Crippen molar-refractivity contribution in [3.8, 4) is 0 Å². The molecule has 1 aliphatic carbocycles. The van der Waals surface area contributed by atoms with Crippen LogP contribution in [0.3, 0.4) is 0 Å². The van der Waals surface area contributed by atoms with Crippen LogP contribution in [0, 0.1) is 0 Å². The second kappa shape index (κ2) is 3.94. The molecule has 1 atom stereocenters. The van der Waals surface area contributed by atoms with Crippen molar-refractivity contribution in [3.63, 3.8) is 0 Å². The molecule has 0 bridgehead atoms. The molecule has 0 amide bonds. The summed E-state index contributed by atoms with van der Waals surface area (Å²) < 4.78 is 0. The van der Waals surface area contributed by atoms with E-state index >= 15 is 0 Å². The molecular weight excluding hydrogens is 126 g/mol. The largest absolute Gasteiger partial charge is 0.392 e. The Bertz CT molecular complexity index is 86.5. The van der Waals surface area contributed by atoms with Crippen molar-refractivity contribution < 1.29 is 5.11 Å². The van der Waals surface area contributed by atoms with Crippen LogP contribution in [0.2, 0.25) is 0 Å². The van der Waals surface area contributed by atoms with Crippen molar-refractivity contribution >= 4 is 0 Å². The van der Waals surface area contributed by atoms with E-state index in [2.05, 4.69) is 5.32 Å². The molecular formula is C8H17NO. The van der Waals surface area contributed by atoms with Crippen LogP contribution in [0.15, 0.2) is 0 Å². The summed E-state index contributed by atoms with van der Waals surface area (Å²) in [6, 6.07) is 0.709. The highest BCUT2D eigenvalue weighted by molar-refractivity contribution is 4.77. The lowest BCUT2D eigenvalue weighted by atomic mass is 9.93. The fraction of sp³-hybridized carbons (Fsp3) is 1.00. The molecule has 0 heterocycles. The highest BCUT2D eigenvalue weighted by atomic mass is 16.3. The highest BCUT2D eigenvalue weighted by Crippen LogP contribution is 2.17. The zero-order valence-electron chi connectivity index (χ0n) is 6.64. The molecule has 1 aliphatic rings. The van der Waals surface area contributed by atoms with E-state index in [9.17, 15) is 0 Å². The van der Waals surface area contributed by atoms with E-state index in [1.54, 1.807) is 0 Å². The zero-order chi connectivity index (χ0) is 7.40. The molecule has 1 saturated carbocycles. The summed E-state index contributed by atoms with van der Waals surface area (Å²) in [4.78, 5) is 0. The first-order valence-electron chi connectivity index (χ1n) is 4.24. The minimum atomic E-state index is -0.138. The minimum Gasteiger partial charge on any atom is -0.392 e. The molecule has 0 spiro atoms. The predicted octanol–water partition coefficient (Wildman–Crippen LogP) is 0.899. The normalized spacial score (nSPS) is 22.2. The van der Waals surface area contributed by atoms with Gasteiger partial charge in [0.25, 0.3) is 0 Å². The molecule has 2 N–H and O–H groups in total. The zero-order valence-corrected chi connectivity index (χ0v) is 6.64. The van der Waals surface area contributed by atoms with Crippen molar-refractivity contribution in [2.75, 3.05) is 6.54 Å². The average Bonchev–Trinajstić information content (AvgIpc) is 1.84. The molecule has 2 nitrogen and oxygen atoms in total. The molecule has 2 heteroatoms. The van der Waals surface area contributed by atoms with Gasteiger partial charge in [-0.3, -0.25) is 0 Å². The van der Waals surface area contributed by atoms with Gasteiger partial charge in [0.1, 0.15) is 0 Å². The van der Waals surface area contributed by atoms with Gasteiger partial charge in [-0.1, -0.05) is 13.3 Å².